The minimum atomic E-state index is -0.397. The van der Waals surface area contributed by atoms with Gasteiger partial charge in [0.2, 0.25) is 17.0 Å². The Hall–Kier alpha value is -2.36. The predicted octanol–water partition coefficient (Wildman–Crippen LogP) is 1.24. The van der Waals surface area contributed by atoms with E-state index in [-0.39, 0.29) is 11.8 Å². The third kappa shape index (κ3) is 3.30. The van der Waals surface area contributed by atoms with Gasteiger partial charge in [0, 0.05) is 38.2 Å². The summed E-state index contributed by atoms with van der Waals surface area (Å²) < 4.78 is 0. The van der Waals surface area contributed by atoms with E-state index in [1.165, 1.54) is 11.8 Å². The van der Waals surface area contributed by atoms with Crippen molar-refractivity contribution in [1.29, 1.82) is 0 Å². The summed E-state index contributed by atoms with van der Waals surface area (Å²) in [6, 6.07) is 0. The van der Waals surface area contributed by atoms with Gasteiger partial charge in [0.15, 0.2) is 0 Å². The lowest BCUT2D eigenvalue weighted by Gasteiger charge is -2.50. The van der Waals surface area contributed by atoms with Crippen LogP contribution in [0.25, 0.3) is 0 Å². The van der Waals surface area contributed by atoms with Crippen molar-refractivity contribution >= 4 is 23.6 Å². The number of aromatic amines is 2. The number of carbonyl (C=O) groups is 2. The number of likely N-dealkylation sites (tertiary alicyclic amines) is 1. The molecular formula is C18H25N7O2S. The summed E-state index contributed by atoms with van der Waals surface area (Å²) in [7, 11) is 0. The van der Waals surface area contributed by atoms with E-state index >= 15 is 0 Å². The Morgan fingerprint density at radius 1 is 1.25 bits per heavy atom. The number of aryl methyl sites for hydroxylation is 1. The summed E-state index contributed by atoms with van der Waals surface area (Å²) in [4.78, 5) is 41.2. The van der Waals surface area contributed by atoms with Crippen molar-refractivity contribution in [3.63, 3.8) is 0 Å². The quantitative estimate of drug-likeness (QED) is 0.743. The zero-order valence-electron chi connectivity index (χ0n) is 16.2. The Balaban J connectivity index is 1.45. The molecule has 0 bridgehead atoms. The molecule has 2 aliphatic rings. The van der Waals surface area contributed by atoms with E-state index < -0.39 is 5.54 Å². The van der Waals surface area contributed by atoms with Crippen molar-refractivity contribution < 1.29 is 9.59 Å². The molecule has 1 saturated heterocycles. The van der Waals surface area contributed by atoms with Crippen LogP contribution in [0.1, 0.15) is 43.4 Å². The topological polar surface area (TPSA) is 111 Å². The highest BCUT2D eigenvalue weighted by atomic mass is 32.2. The van der Waals surface area contributed by atoms with Crippen LogP contribution in [0.2, 0.25) is 0 Å². The lowest BCUT2D eigenvalue weighted by Crippen LogP contribution is -2.59. The highest BCUT2D eigenvalue weighted by molar-refractivity contribution is 7.99. The van der Waals surface area contributed by atoms with Crippen LogP contribution >= 0.6 is 11.8 Å². The van der Waals surface area contributed by atoms with Crippen LogP contribution < -0.4 is 0 Å². The molecule has 0 aromatic carbocycles. The summed E-state index contributed by atoms with van der Waals surface area (Å²) >= 11 is 1.34. The molecule has 9 nitrogen and oxygen atoms in total. The first kappa shape index (κ1) is 19.0. The minimum Gasteiger partial charge on any atom is -0.348 e. The van der Waals surface area contributed by atoms with Crippen LogP contribution in [0.4, 0.5) is 0 Å². The number of piperidine rings is 1. The molecule has 4 rings (SSSR count). The van der Waals surface area contributed by atoms with Crippen LogP contribution in [-0.4, -0.2) is 72.2 Å². The number of H-pyrrole nitrogens is 2. The zero-order chi connectivity index (χ0) is 19.7. The van der Waals surface area contributed by atoms with Gasteiger partial charge < -0.3 is 14.8 Å². The zero-order valence-corrected chi connectivity index (χ0v) is 17.0. The fourth-order valence-corrected chi connectivity index (χ4v) is 5.02. The molecule has 0 saturated carbocycles. The van der Waals surface area contributed by atoms with Crippen LogP contribution in [0.5, 0.6) is 0 Å². The lowest BCUT2D eigenvalue weighted by molar-refractivity contribution is -0.143. The van der Waals surface area contributed by atoms with Gasteiger partial charge >= 0.3 is 0 Å². The number of amides is 2. The number of hydrogen-bond donors (Lipinski definition) is 2. The SMILES string of the molecule is CCC(=O)N1CCc2[nH]cnc2C12CCN(C(=O)CSc1n[nH]c(C)n1)CC2. The van der Waals surface area contributed by atoms with Gasteiger partial charge in [-0.3, -0.25) is 14.7 Å². The number of thioether (sulfide) groups is 1. The number of fused-ring (bicyclic) bond motifs is 2. The van der Waals surface area contributed by atoms with E-state index in [1.54, 1.807) is 6.33 Å². The fraction of sp³-hybridized carbons (Fsp3) is 0.611. The summed E-state index contributed by atoms with van der Waals surface area (Å²) in [5.41, 5.74) is 1.71. The average molecular weight is 404 g/mol. The van der Waals surface area contributed by atoms with Gasteiger partial charge in [-0.1, -0.05) is 18.7 Å². The molecule has 2 aliphatic heterocycles. The molecule has 2 N–H and O–H groups in total. The molecule has 4 heterocycles. The normalized spacial score (nSPS) is 18.4. The van der Waals surface area contributed by atoms with Gasteiger partial charge in [-0.2, -0.15) is 0 Å². The average Bonchev–Trinajstić information content (AvgIpc) is 3.36. The number of nitrogens with one attached hydrogen (secondary N) is 2. The minimum absolute atomic E-state index is 0.0775. The lowest BCUT2D eigenvalue weighted by atomic mass is 9.78. The smallest absolute Gasteiger partial charge is 0.233 e. The Kier molecular flexibility index (Phi) is 5.13. The molecule has 0 atom stereocenters. The van der Waals surface area contributed by atoms with Gasteiger partial charge in [-0.15, -0.1) is 5.10 Å². The summed E-state index contributed by atoms with van der Waals surface area (Å²) in [6.45, 7) is 5.67. The van der Waals surface area contributed by atoms with E-state index in [2.05, 4.69) is 25.1 Å². The molecule has 0 aliphatic carbocycles. The first-order valence-corrected chi connectivity index (χ1v) is 10.6. The molecule has 150 valence electrons. The molecule has 1 fully saturated rings. The van der Waals surface area contributed by atoms with Crippen LogP contribution in [0, 0.1) is 6.92 Å². The first-order valence-electron chi connectivity index (χ1n) is 9.66. The third-order valence-electron chi connectivity index (χ3n) is 5.71. The summed E-state index contributed by atoms with van der Waals surface area (Å²) in [5.74, 6) is 1.29. The van der Waals surface area contributed by atoms with Gasteiger partial charge in [0.05, 0.1) is 23.3 Å². The highest BCUT2D eigenvalue weighted by Crippen LogP contribution is 2.42. The molecule has 2 amide bonds. The van der Waals surface area contributed by atoms with E-state index in [9.17, 15) is 9.59 Å². The molecule has 28 heavy (non-hydrogen) atoms. The van der Waals surface area contributed by atoms with Gasteiger partial charge in [0.25, 0.3) is 0 Å². The number of rotatable bonds is 4. The standard InChI is InChI=1S/C18H25N7O2S/c1-3-14(26)25-7-4-13-16(20-11-19-13)18(25)5-8-24(9-6-18)15(27)10-28-17-21-12(2)22-23-17/h11H,3-10H2,1-2H3,(H,19,20)(H,21,22,23). The molecular weight excluding hydrogens is 378 g/mol. The Labute approximate surface area is 167 Å². The largest absolute Gasteiger partial charge is 0.348 e. The van der Waals surface area contributed by atoms with Crippen molar-refractivity contribution in [1.82, 2.24) is 34.9 Å². The number of imidazole rings is 1. The van der Waals surface area contributed by atoms with Crippen molar-refractivity contribution in [2.75, 3.05) is 25.4 Å². The second-order valence-corrected chi connectivity index (χ2v) is 8.23. The summed E-state index contributed by atoms with van der Waals surface area (Å²) in [5, 5.41) is 7.43. The second kappa shape index (κ2) is 7.57. The van der Waals surface area contributed by atoms with Crippen LogP contribution in [0.15, 0.2) is 11.5 Å². The van der Waals surface area contributed by atoms with Crippen molar-refractivity contribution in [2.45, 2.75) is 50.2 Å². The maximum atomic E-state index is 12.7. The predicted molar refractivity (Wildman–Crippen MR) is 104 cm³/mol. The van der Waals surface area contributed by atoms with Crippen molar-refractivity contribution in [3.05, 3.63) is 23.5 Å². The molecule has 10 heteroatoms. The van der Waals surface area contributed by atoms with Crippen molar-refractivity contribution in [3.8, 4) is 0 Å². The van der Waals surface area contributed by atoms with E-state index in [0.717, 1.165) is 23.6 Å². The molecule has 1 spiro atoms. The van der Waals surface area contributed by atoms with Crippen LogP contribution in [0.3, 0.4) is 0 Å². The fourth-order valence-electron chi connectivity index (χ4n) is 4.27. The highest BCUT2D eigenvalue weighted by Gasteiger charge is 2.48. The number of carbonyl (C=O) groups excluding carboxylic acids is 2. The Bertz CT molecular complexity index is 869. The van der Waals surface area contributed by atoms with E-state index in [4.69, 9.17) is 0 Å². The number of hydrogen-bond acceptors (Lipinski definition) is 6. The molecule has 0 unspecified atom stereocenters. The third-order valence-corrected chi connectivity index (χ3v) is 6.54. The van der Waals surface area contributed by atoms with Crippen molar-refractivity contribution in [2.24, 2.45) is 0 Å². The maximum absolute atomic E-state index is 12.7. The molecule has 2 aromatic rings. The van der Waals surface area contributed by atoms with Crippen LogP contribution in [-0.2, 0) is 21.5 Å². The first-order chi connectivity index (χ1) is 13.5. The Morgan fingerprint density at radius 2 is 2.04 bits per heavy atom. The van der Waals surface area contributed by atoms with E-state index in [0.29, 0.717) is 49.8 Å². The molecule has 0 radical (unpaired) electrons. The number of nitrogens with zero attached hydrogens (tertiary/aromatic N) is 5. The maximum Gasteiger partial charge on any atom is 0.233 e. The van der Waals surface area contributed by atoms with E-state index in [1.807, 2.05) is 23.6 Å². The number of aromatic nitrogens is 5. The van der Waals surface area contributed by atoms with Gasteiger partial charge in [-0.25, -0.2) is 9.97 Å². The second-order valence-electron chi connectivity index (χ2n) is 7.28. The van der Waals surface area contributed by atoms with Gasteiger partial charge in [0.1, 0.15) is 5.82 Å². The summed E-state index contributed by atoms with van der Waals surface area (Å²) in [6.07, 6.45) is 4.44. The molecule has 2 aromatic heterocycles. The van der Waals surface area contributed by atoms with Gasteiger partial charge in [-0.05, 0) is 19.8 Å². The Morgan fingerprint density at radius 3 is 2.71 bits per heavy atom. The monoisotopic (exact) mass is 403 g/mol.